The monoisotopic (exact) mass is 219 g/mol. The van der Waals surface area contributed by atoms with Gasteiger partial charge in [-0.3, -0.25) is 0 Å². The number of pyridine rings is 1. The zero-order valence-electron chi connectivity index (χ0n) is 10.2. The van der Waals surface area contributed by atoms with E-state index in [1.807, 2.05) is 0 Å². The van der Waals surface area contributed by atoms with Gasteiger partial charge in [-0.2, -0.15) is 0 Å². The van der Waals surface area contributed by atoms with E-state index < -0.39 is 0 Å². The molecule has 0 bridgehead atoms. The molecule has 1 saturated carbocycles. The molecule has 0 saturated heterocycles. The minimum atomic E-state index is 0.450. The third-order valence-corrected chi connectivity index (χ3v) is 3.04. The van der Waals surface area contributed by atoms with Gasteiger partial charge in [0.2, 0.25) is 0 Å². The van der Waals surface area contributed by atoms with Crippen molar-refractivity contribution in [2.75, 3.05) is 18.0 Å². The molecular weight excluding hydrogens is 198 g/mol. The van der Waals surface area contributed by atoms with Gasteiger partial charge in [0.1, 0.15) is 5.82 Å². The van der Waals surface area contributed by atoms with Crippen LogP contribution in [0, 0.1) is 0 Å². The van der Waals surface area contributed by atoms with Gasteiger partial charge in [-0.15, -0.1) is 0 Å². The molecule has 0 spiro atoms. The normalized spacial score (nSPS) is 15.5. The van der Waals surface area contributed by atoms with E-state index in [2.05, 4.69) is 36.9 Å². The summed E-state index contributed by atoms with van der Waals surface area (Å²) >= 11 is 0. The number of aromatic nitrogens is 1. The summed E-state index contributed by atoms with van der Waals surface area (Å²) in [6, 6.07) is 6.79. The van der Waals surface area contributed by atoms with Crippen LogP contribution in [0.15, 0.2) is 18.2 Å². The van der Waals surface area contributed by atoms with Gasteiger partial charge in [-0.1, -0.05) is 6.07 Å². The Morgan fingerprint density at radius 3 is 2.75 bits per heavy atom. The molecule has 1 aromatic rings. The Bertz CT molecular complexity index is 345. The molecule has 2 N–H and O–H groups in total. The first-order valence-corrected chi connectivity index (χ1v) is 6.16. The highest BCUT2D eigenvalue weighted by Crippen LogP contribution is 2.39. The zero-order chi connectivity index (χ0) is 11.5. The molecule has 0 amide bonds. The number of hydrogen-bond acceptors (Lipinski definition) is 3. The van der Waals surface area contributed by atoms with Gasteiger partial charge in [0.25, 0.3) is 0 Å². The standard InChI is InChI=1S/C13H21N3/c1-10(2)16(9-8-14)13-5-3-4-12(15-13)11-6-7-11/h3-5,10-11H,6-9,14H2,1-2H3. The highest BCUT2D eigenvalue weighted by molar-refractivity contribution is 5.41. The van der Waals surface area contributed by atoms with E-state index in [4.69, 9.17) is 10.7 Å². The van der Waals surface area contributed by atoms with E-state index in [1.54, 1.807) is 0 Å². The molecule has 0 unspecified atom stereocenters. The Kier molecular flexibility index (Phi) is 3.44. The van der Waals surface area contributed by atoms with Crippen LogP contribution in [0.3, 0.4) is 0 Å². The highest BCUT2D eigenvalue weighted by Gasteiger charge is 2.25. The quantitative estimate of drug-likeness (QED) is 0.825. The van der Waals surface area contributed by atoms with Crippen molar-refractivity contribution < 1.29 is 0 Å². The molecule has 1 fully saturated rings. The second-order valence-electron chi connectivity index (χ2n) is 4.77. The molecule has 1 aromatic heterocycles. The Morgan fingerprint density at radius 2 is 2.19 bits per heavy atom. The predicted octanol–water partition coefficient (Wildman–Crippen LogP) is 2.13. The molecule has 0 aromatic carbocycles. The first-order chi connectivity index (χ1) is 7.72. The molecule has 88 valence electrons. The second kappa shape index (κ2) is 4.83. The summed E-state index contributed by atoms with van der Waals surface area (Å²) in [4.78, 5) is 7.02. The third-order valence-electron chi connectivity index (χ3n) is 3.04. The maximum Gasteiger partial charge on any atom is 0.129 e. The lowest BCUT2D eigenvalue weighted by molar-refractivity contribution is 0.672. The average molecular weight is 219 g/mol. The lowest BCUT2D eigenvalue weighted by atomic mass is 10.2. The maximum atomic E-state index is 5.65. The maximum absolute atomic E-state index is 5.65. The van der Waals surface area contributed by atoms with Crippen LogP contribution in [0.25, 0.3) is 0 Å². The lowest BCUT2D eigenvalue weighted by Gasteiger charge is -2.27. The van der Waals surface area contributed by atoms with Gasteiger partial charge in [0, 0.05) is 30.7 Å². The van der Waals surface area contributed by atoms with E-state index in [0.29, 0.717) is 18.5 Å². The second-order valence-corrected chi connectivity index (χ2v) is 4.77. The fraction of sp³-hybridized carbons (Fsp3) is 0.615. The van der Waals surface area contributed by atoms with Gasteiger partial charge in [-0.25, -0.2) is 4.98 Å². The van der Waals surface area contributed by atoms with Gasteiger partial charge < -0.3 is 10.6 Å². The van der Waals surface area contributed by atoms with Crippen LogP contribution in [0.4, 0.5) is 5.82 Å². The minimum Gasteiger partial charge on any atom is -0.353 e. The van der Waals surface area contributed by atoms with Crippen LogP contribution in [-0.4, -0.2) is 24.1 Å². The van der Waals surface area contributed by atoms with Gasteiger partial charge in [-0.05, 0) is 38.8 Å². The Hall–Kier alpha value is -1.09. The predicted molar refractivity (Wildman–Crippen MR) is 67.7 cm³/mol. The number of nitrogens with two attached hydrogens (primary N) is 1. The molecule has 3 nitrogen and oxygen atoms in total. The van der Waals surface area contributed by atoms with Crippen molar-refractivity contribution >= 4 is 5.82 Å². The summed E-state index contributed by atoms with van der Waals surface area (Å²) in [5.74, 6) is 1.79. The highest BCUT2D eigenvalue weighted by atomic mass is 15.2. The number of nitrogens with zero attached hydrogens (tertiary/aromatic N) is 2. The van der Waals surface area contributed by atoms with Crippen LogP contribution >= 0.6 is 0 Å². The van der Waals surface area contributed by atoms with Crippen LogP contribution in [0.5, 0.6) is 0 Å². The third kappa shape index (κ3) is 2.53. The van der Waals surface area contributed by atoms with Crippen molar-refractivity contribution in [2.45, 2.75) is 38.6 Å². The lowest BCUT2D eigenvalue weighted by Crippen LogP contribution is -2.36. The molecule has 0 atom stereocenters. The van der Waals surface area contributed by atoms with Gasteiger partial charge in [0.05, 0.1) is 0 Å². The van der Waals surface area contributed by atoms with Gasteiger partial charge in [0.15, 0.2) is 0 Å². The summed E-state index contributed by atoms with van der Waals surface area (Å²) in [5, 5.41) is 0. The first kappa shape index (κ1) is 11.4. The summed E-state index contributed by atoms with van der Waals surface area (Å²) in [7, 11) is 0. The molecule has 16 heavy (non-hydrogen) atoms. The molecule has 1 aliphatic rings. The van der Waals surface area contributed by atoms with Crippen molar-refractivity contribution in [1.29, 1.82) is 0 Å². The van der Waals surface area contributed by atoms with Crippen LogP contribution < -0.4 is 10.6 Å². The molecule has 0 radical (unpaired) electrons. The Morgan fingerprint density at radius 1 is 1.44 bits per heavy atom. The number of anilines is 1. The SMILES string of the molecule is CC(C)N(CCN)c1cccc(C2CC2)n1. The summed E-state index contributed by atoms with van der Waals surface area (Å²) in [6.07, 6.45) is 2.60. The van der Waals surface area contributed by atoms with Crippen molar-refractivity contribution in [2.24, 2.45) is 5.73 Å². The summed E-state index contributed by atoms with van der Waals surface area (Å²) < 4.78 is 0. The largest absolute Gasteiger partial charge is 0.353 e. The van der Waals surface area contributed by atoms with E-state index in [-0.39, 0.29) is 0 Å². The fourth-order valence-electron chi connectivity index (χ4n) is 1.98. The van der Waals surface area contributed by atoms with Crippen molar-refractivity contribution in [1.82, 2.24) is 4.98 Å². The Labute approximate surface area is 97.7 Å². The molecule has 1 heterocycles. The van der Waals surface area contributed by atoms with Crippen molar-refractivity contribution in [3.8, 4) is 0 Å². The van der Waals surface area contributed by atoms with E-state index >= 15 is 0 Å². The van der Waals surface area contributed by atoms with E-state index in [0.717, 1.165) is 12.4 Å². The summed E-state index contributed by atoms with van der Waals surface area (Å²) in [5.41, 5.74) is 6.90. The van der Waals surface area contributed by atoms with E-state index in [1.165, 1.54) is 18.5 Å². The molecule has 2 rings (SSSR count). The Balaban J connectivity index is 2.19. The molecule has 0 aliphatic heterocycles. The topological polar surface area (TPSA) is 42.1 Å². The fourth-order valence-corrected chi connectivity index (χ4v) is 1.98. The smallest absolute Gasteiger partial charge is 0.129 e. The number of rotatable bonds is 5. The first-order valence-electron chi connectivity index (χ1n) is 6.16. The van der Waals surface area contributed by atoms with Crippen molar-refractivity contribution in [3.63, 3.8) is 0 Å². The van der Waals surface area contributed by atoms with Crippen LogP contribution in [0.2, 0.25) is 0 Å². The minimum absolute atomic E-state index is 0.450. The summed E-state index contributed by atoms with van der Waals surface area (Å²) in [6.45, 7) is 5.91. The average Bonchev–Trinajstić information content (AvgIpc) is 3.09. The zero-order valence-corrected chi connectivity index (χ0v) is 10.2. The van der Waals surface area contributed by atoms with Gasteiger partial charge >= 0.3 is 0 Å². The van der Waals surface area contributed by atoms with Crippen molar-refractivity contribution in [3.05, 3.63) is 23.9 Å². The molecular formula is C13H21N3. The van der Waals surface area contributed by atoms with Crippen LogP contribution in [0.1, 0.15) is 38.3 Å². The molecule has 1 aliphatic carbocycles. The van der Waals surface area contributed by atoms with E-state index in [9.17, 15) is 0 Å². The van der Waals surface area contributed by atoms with Crippen LogP contribution in [-0.2, 0) is 0 Å². The molecule has 3 heteroatoms. The number of hydrogen-bond donors (Lipinski definition) is 1.